The van der Waals surface area contributed by atoms with Gasteiger partial charge in [0.05, 0.1) is 0 Å². The lowest BCUT2D eigenvalue weighted by Crippen LogP contribution is -2.17. The van der Waals surface area contributed by atoms with E-state index in [1.807, 2.05) is 0 Å². The second-order valence-corrected chi connectivity index (χ2v) is 3.68. The van der Waals surface area contributed by atoms with Gasteiger partial charge < -0.3 is 15.5 Å². The monoisotopic (exact) mass is 223 g/mol. The van der Waals surface area contributed by atoms with Gasteiger partial charge in [0.1, 0.15) is 11.3 Å². The van der Waals surface area contributed by atoms with Gasteiger partial charge in [0.15, 0.2) is 0 Å². The second-order valence-electron chi connectivity index (χ2n) is 3.68. The predicted octanol–water partition coefficient (Wildman–Crippen LogP) is 1.68. The molecule has 1 aromatic rings. The predicted molar refractivity (Wildman–Crippen MR) is 58.5 cm³/mol. The Kier molecular flexibility index (Phi) is 3.50. The van der Waals surface area contributed by atoms with Gasteiger partial charge in [-0.1, -0.05) is 13.8 Å². The van der Waals surface area contributed by atoms with Crippen molar-refractivity contribution in [2.75, 3.05) is 5.32 Å². The molecule has 0 atom stereocenters. The van der Waals surface area contributed by atoms with Gasteiger partial charge in [-0.2, -0.15) is 0 Å². The molecule has 0 aliphatic carbocycles. The minimum absolute atomic E-state index is 0.179. The van der Waals surface area contributed by atoms with E-state index in [-0.39, 0.29) is 23.1 Å². The minimum Gasteiger partial charge on any atom is -0.507 e. The topological polar surface area (TPSA) is 86.6 Å². The quantitative estimate of drug-likeness (QED) is 0.727. The number of amides is 1. The molecule has 0 spiro atoms. The molecule has 0 bridgehead atoms. The highest BCUT2D eigenvalue weighted by molar-refractivity contribution is 5.95. The Labute approximate surface area is 92.7 Å². The highest BCUT2D eigenvalue weighted by Gasteiger charge is 2.12. The minimum atomic E-state index is -1.21. The molecular weight excluding hydrogens is 210 g/mol. The van der Waals surface area contributed by atoms with Gasteiger partial charge in [-0.15, -0.1) is 0 Å². The van der Waals surface area contributed by atoms with Crippen molar-refractivity contribution in [3.8, 4) is 5.75 Å². The molecule has 5 heteroatoms. The molecule has 16 heavy (non-hydrogen) atoms. The molecular formula is C11H13NO4. The summed E-state index contributed by atoms with van der Waals surface area (Å²) in [6, 6.07) is 3.89. The maximum atomic E-state index is 11.3. The third kappa shape index (κ3) is 2.73. The summed E-state index contributed by atoms with van der Waals surface area (Å²) in [5.41, 5.74) is 0.184. The maximum absolute atomic E-state index is 11.3. The highest BCUT2D eigenvalue weighted by atomic mass is 16.4. The highest BCUT2D eigenvalue weighted by Crippen LogP contribution is 2.22. The van der Waals surface area contributed by atoms with Gasteiger partial charge in [0, 0.05) is 17.7 Å². The van der Waals surface area contributed by atoms with Crippen LogP contribution >= 0.6 is 0 Å². The van der Waals surface area contributed by atoms with Crippen LogP contribution in [0.2, 0.25) is 0 Å². The molecule has 86 valence electrons. The van der Waals surface area contributed by atoms with E-state index in [1.54, 1.807) is 13.8 Å². The number of aromatic carboxylic acids is 1. The van der Waals surface area contributed by atoms with Gasteiger partial charge in [-0.3, -0.25) is 4.79 Å². The lowest BCUT2D eigenvalue weighted by Gasteiger charge is -2.08. The Morgan fingerprint density at radius 2 is 1.94 bits per heavy atom. The SMILES string of the molecule is CC(C)C(=O)Nc1ccc(C(=O)O)c(O)c1. The van der Waals surface area contributed by atoms with Gasteiger partial charge >= 0.3 is 5.97 Å². The van der Waals surface area contributed by atoms with Gasteiger partial charge in [-0.25, -0.2) is 4.79 Å². The molecule has 1 aromatic carbocycles. The number of carboxylic acid groups (broad SMARTS) is 1. The van der Waals surface area contributed by atoms with E-state index in [0.717, 1.165) is 0 Å². The standard InChI is InChI=1S/C11H13NO4/c1-6(2)10(14)12-7-3-4-8(11(15)16)9(13)5-7/h3-6,13H,1-2H3,(H,12,14)(H,15,16). The maximum Gasteiger partial charge on any atom is 0.339 e. The normalized spacial score (nSPS) is 10.2. The molecule has 0 aliphatic heterocycles. The number of carbonyl (C=O) groups excluding carboxylic acids is 1. The summed E-state index contributed by atoms with van der Waals surface area (Å²) in [5, 5.41) is 20.6. The number of phenols is 1. The van der Waals surface area contributed by atoms with Crippen molar-refractivity contribution in [3.05, 3.63) is 23.8 Å². The summed E-state index contributed by atoms with van der Waals surface area (Å²) in [7, 11) is 0. The first-order valence-corrected chi connectivity index (χ1v) is 4.79. The number of carbonyl (C=O) groups is 2. The zero-order valence-corrected chi connectivity index (χ0v) is 9.02. The van der Waals surface area contributed by atoms with Crippen molar-refractivity contribution < 1.29 is 19.8 Å². The fourth-order valence-corrected chi connectivity index (χ4v) is 1.08. The Hall–Kier alpha value is -2.04. The molecule has 0 fully saturated rings. The first kappa shape index (κ1) is 12.0. The molecule has 5 nitrogen and oxygen atoms in total. The average Bonchev–Trinajstić information content (AvgIpc) is 2.16. The second kappa shape index (κ2) is 4.65. The Morgan fingerprint density at radius 3 is 2.38 bits per heavy atom. The van der Waals surface area contributed by atoms with Crippen LogP contribution in [0.5, 0.6) is 5.75 Å². The summed E-state index contributed by atoms with van der Waals surface area (Å²) in [6.07, 6.45) is 0. The summed E-state index contributed by atoms with van der Waals surface area (Å²) < 4.78 is 0. The Bertz CT molecular complexity index is 426. The Morgan fingerprint density at radius 1 is 1.31 bits per heavy atom. The summed E-state index contributed by atoms with van der Waals surface area (Å²) in [6.45, 7) is 3.47. The molecule has 0 heterocycles. The molecule has 0 radical (unpaired) electrons. The summed E-state index contributed by atoms with van der Waals surface area (Å²) in [4.78, 5) is 21.9. The number of benzene rings is 1. The molecule has 1 rings (SSSR count). The van der Waals surface area contributed by atoms with Crippen LogP contribution in [0.3, 0.4) is 0 Å². The van der Waals surface area contributed by atoms with Gasteiger partial charge in [0.25, 0.3) is 0 Å². The van der Waals surface area contributed by atoms with E-state index < -0.39 is 5.97 Å². The van der Waals surface area contributed by atoms with Crippen molar-refractivity contribution in [2.24, 2.45) is 5.92 Å². The number of anilines is 1. The number of nitrogens with one attached hydrogen (secondary N) is 1. The van der Waals surface area contributed by atoms with E-state index in [2.05, 4.69) is 5.32 Å². The molecule has 0 aliphatic rings. The zero-order chi connectivity index (χ0) is 12.3. The fraction of sp³-hybridized carbons (Fsp3) is 0.273. The number of hydrogen-bond donors (Lipinski definition) is 3. The van der Waals surface area contributed by atoms with Crippen molar-refractivity contribution in [1.29, 1.82) is 0 Å². The van der Waals surface area contributed by atoms with Gasteiger partial charge in [0.2, 0.25) is 5.91 Å². The van der Waals surface area contributed by atoms with Crippen LogP contribution in [-0.2, 0) is 4.79 Å². The Balaban J connectivity index is 2.90. The summed E-state index contributed by atoms with van der Waals surface area (Å²) >= 11 is 0. The molecule has 0 unspecified atom stereocenters. The molecule has 1 amide bonds. The molecule has 3 N–H and O–H groups in total. The lowest BCUT2D eigenvalue weighted by molar-refractivity contribution is -0.118. The molecule has 0 saturated carbocycles. The van der Waals surface area contributed by atoms with Crippen LogP contribution in [0.4, 0.5) is 5.69 Å². The van der Waals surface area contributed by atoms with E-state index in [9.17, 15) is 14.7 Å². The van der Waals surface area contributed by atoms with Crippen molar-refractivity contribution in [3.63, 3.8) is 0 Å². The van der Waals surface area contributed by atoms with Crippen LogP contribution < -0.4 is 5.32 Å². The average molecular weight is 223 g/mol. The molecule has 0 aromatic heterocycles. The van der Waals surface area contributed by atoms with Crippen LogP contribution in [-0.4, -0.2) is 22.1 Å². The number of carboxylic acids is 1. The van der Waals surface area contributed by atoms with Crippen LogP contribution in [0.1, 0.15) is 24.2 Å². The van der Waals surface area contributed by atoms with Gasteiger partial charge in [-0.05, 0) is 12.1 Å². The number of aromatic hydroxyl groups is 1. The van der Waals surface area contributed by atoms with E-state index in [4.69, 9.17) is 5.11 Å². The first-order chi connectivity index (χ1) is 7.41. The first-order valence-electron chi connectivity index (χ1n) is 4.79. The largest absolute Gasteiger partial charge is 0.507 e. The van der Waals surface area contributed by atoms with Crippen LogP contribution in [0.15, 0.2) is 18.2 Å². The van der Waals surface area contributed by atoms with Crippen LogP contribution in [0.25, 0.3) is 0 Å². The third-order valence-electron chi connectivity index (χ3n) is 2.02. The van der Waals surface area contributed by atoms with E-state index >= 15 is 0 Å². The smallest absolute Gasteiger partial charge is 0.339 e. The van der Waals surface area contributed by atoms with Crippen LogP contribution in [0, 0.1) is 5.92 Å². The lowest BCUT2D eigenvalue weighted by atomic mass is 10.1. The molecule has 0 saturated heterocycles. The fourth-order valence-electron chi connectivity index (χ4n) is 1.08. The van der Waals surface area contributed by atoms with E-state index in [1.165, 1.54) is 18.2 Å². The number of rotatable bonds is 3. The zero-order valence-electron chi connectivity index (χ0n) is 9.02. The summed E-state index contributed by atoms with van der Waals surface area (Å²) in [5.74, 6) is -1.95. The third-order valence-corrected chi connectivity index (χ3v) is 2.02. The van der Waals surface area contributed by atoms with Crippen molar-refractivity contribution in [1.82, 2.24) is 0 Å². The number of hydrogen-bond acceptors (Lipinski definition) is 3. The van der Waals surface area contributed by atoms with Crippen molar-refractivity contribution in [2.45, 2.75) is 13.8 Å². The van der Waals surface area contributed by atoms with E-state index in [0.29, 0.717) is 5.69 Å². The van der Waals surface area contributed by atoms with Crippen molar-refractivity contribution >= 4 is 17.6 Å².